The van der Waals surface area contributed by atoms with Gasteiger partial charge in [-0.15, -0.1) is 0 Å². The first-order valence-corrected chi connectivity index (χ1v) is 30.1. The number of hydrogen-bond acceptors (Lipinski definition) is 0. The lowest BCUT2D eigenvalue weighted by Gasteiger charge is -2.34. The van der Waals surface area contributed by atoms with Crippen molar-refractivity contribution in [3.8, 4) is 33.9 Å². The normalized spacial score (nSPS) is 13.3. The predicted octanol–water partition coefficient (Wildman–Crippen LogP) is 17.1. The molecule has 0 saturated carbocycles. The van der Waals surface area contributed by atoms with Gasteiger partial charge in [0.25, 0.3) is 0 Å². The van der Waals surface area contributed by atoms with Gasteiger partial charge in [-0.05, 0) is 117 Å². The second-order valence-corrected chi connectivity index (χ2v) is 25.2. The zero-order valence-electron chi connectivity index (χ0n) is 51.8. The summed E-state index contributed by atoms with van der Waals surface area (Å²) in [4.78, 5) is 0. The summed E-state index contributed by atoms with van der Waals surface area (Å²) in [6.07, 6.45) is 0. The Morgan fingerprint density at radius 1 is 0.229 bits per heavy atom. The molecule has 0 bridgehead atoms. The Hall–Kier alpha value is -10.7. The summed E-state index contributed by atoms with van der Waals surface area (Å²) in [6, 6.07) is 92.3. The third-order valence-electron chi connectivity index (χ3n) is 17.1. The molecule has 0 fully saturated rings. The van der Waals surface area contributed by atoms with Crippen molar-refractivity contribution in [2.75, 3.05) is 0 Å². The van der Waals surface area contributed by atoms with Gasteiger partial charge in [-0.3, -0.25) is 0 Å². The van der Waals surface area contributed by atoms with Gasteiger partial charge >= 0.3 is 0 Å². The van der Waals surface area contributed by atoms with Crippen LogP contribution in [-0.4, -0.2) is 26.3 Å². The van der Waals surface area contributed by atoms with Crippen LogP contribution in [0.5, 0.6) is 0 Å². The van der Waals surface area contributed by atoms with Crippen LogP contribution in [0, 0.1) is 0 Å². The van der Waals surface area contributed by atoms with Gasteiger partial charge in [0.15, 0.2) is 8.07 Å². The standard InChI is InChI=1S/C78H52N4Si/c1-5-23-53(24-6-1)54-47-57(49-58(48-54)82-74-39-21-16-34-66(74)69-45-43-62(52-78(69)82)83(59-25-7-2-8-26-59,60-27-9-3-10-28-60)61-29-11-4-12-30-61)81-73-38-20-15-33-65(73)68-44-41-56(51-77(68)81)80-75-40-22-17-35-67(75)70-50-55(42-46-76(70)80)79-71-36-18-13-31-63(71)64-32-14-19-37-72(64)79/h1-52H/i16D,21D,34D,39D,43D,45D,52D. The number of hydrogen-bond donors (Lipinski definition) is 0. The summed E-state index contributed by atoms with van der Waals surface area (Å²) in [5.41, 5.74) is 11.7. The van der Waals surface area contributed by atoms with E-state index < -0.39 is 20.2 Å². The molecule has 0 aliphatic carbocycles. The van der Waals surface area contributed by atoms with Crippen molar-refractivity contribution in [1.29, 1.82) is 0 Å². The van der Waals surface area contributed by atoms with E-state index in [1.165, 1.54) is 10.8 Å². The van der Waals surface area contributed by atoms with Crippen molar-refractivity contribution in [2.45, 2.75) is 0 Å². The fourth-order valence-electron chi connectivity index (χ4n) is 13.6. The molecule has 0 saturated heterocycles. The van der Waals surface area contributed by atoms with Crippen LogP contribution >= 0.6 is 0 Å². The molecule has 0 spiro atoms. The van der Waals surface area contributed by atoms with Crippen molar-refractivity contribution in [2.24, 2.45) is 0 Å². The highest BCUT2D eigenvalue weighted by Gasteiger charge is 2.41. The summed E-state index contributed by atoms with van der Waals surface area (Å²) in [5, 5.41) is 10.1. The molecule has 0 unspecified atom stereocenters. The third-order valence-corrected chi connectivity index (χ3v) is 21.7. The van der Waals surface area contributed by atoms with Crippen molar-refractivity contribution in [1.82, 2.24) is 18.3 Å². The van der Waals surface area contributed by atoms with Crippen LogP contribution < -0.4 is 20.7 Å². The number of para-hydroxylation sites is 5. The van der Waals surface area contributed by atoms with Crippen LogP contribution in [-0.2, 0) is 0 Å². The highest BCUT2D eigenvalue weighted by atomic mass is 28.3. The molecular weight excluding hydrogens is 1020 g/mol. The van der Waals surface area contributed by atoms with Crippen LogP contribution in [0.3, 0.4) is 0 Å². The molecule has 17 aromatic rings. The Bertz CT molecular complexity index is 5670. The minimum absolute atomic E-state index is 0.0242. The molecule has 4 nitrogen and oxygen atoms in total. The average molecular weight is 1080 g/mol. The first-order chi connectivity index (χ1) is 44.1. The van der Waals surface area contributed by atoms with Crippen LogP contribution in [0.1, 0.15) is 9.60 Å². The molecule has 13 aromatic carbocycles. The van der Waals surface area contributed by atoms with Crippen molar-refractivity contribution >= 4 is 116 Å². The zero-order valence-corrected chi connectivity index (χ0v) is 45.8. The van der Waals surface area contributed by atoms with Crippen molar-refractivity contribution in [3.05, 3.63) is 315 Å². The molecule has 4 aromatic heterocycles. The van der Waals surface area contributed by atoms with Crippen LogP contribution in [0.2, 0.25) is 0 Å². The van der Waals surface area contributed by atoms with E-state index in [0.717, 1.165) is 98.4 Å². The third kappa shape index (κ3) is 7.11. The summed E-state index contributed by atoms with van der Waals surface area (Å²) < 4.78 is 78.4. The summed E-state index contributed by atoms with van der Waals surface area (Å²) in [6.45, 7) is 0. The zero-order chi connectivity index (χ0) is 60.7. The lowest BCUT2D eigenvalue weighted by Crippen LogP contribution is -2.74. The Morgan fingerprint density at radius 2 is 0.639 bits per heavy atom. The van der Waals surface area contributed by atoms with Crippen molar-refractivity contribution in [3.63, 3.8) is 0 Å². The quantitative estimate of drug-likeness (QED) is 0.101. The van der Waals surface area contributed by atoms with E-state index in [1.54, 1.807) is 4.57 Å². The molecule has 5 heteroatoms. The summed E-state index contributed by atoms with van der Waals surface area (Å²) >= 11 is 0. The second-order valence-electron chi connectivity index (χ2n) is 21.5. The van der Waals surface area contributed by atoms with E-state index in [2.05, 4.69) is 208 Å². The Labute approximate surface area is 490 Å². The molecule has 0 atom stereocenters. The number of aromatic nitrogens is 4. The molecule has 0 radical (unpaired) electrons. The fourth-order valence-corrected chi connectivity index (χ4v) is 18.1. The molecule has 0 amide bonds. The van der Waals surface area contributed by atoms with Crippen LogP contribution in [0.25, 0.3) is 121 Å². The smallest absolute Gasteiger partial charge is 0.179 e. The van der Waals surface area contributed by atoms with E-state index in [4.69, 9.17) is 1.37 Å². The van der Waals surface area contributed by atoms with Crippen molar-refractivity contribution < 1.29 is 9.60 Å². The Morgan fingerprint density at radius 3 is 1.19 bits per heavy atom. The number of nitrogens with zero attached hydrogens (tertiary/aromatic N) is 4. The van der Waals surface area contributed by atoms with Gasteiger partial charge in [-0.2, -0.15) is 0 Å². The van der Waals surface area contributed by atoms with E-state index in [9.17, 15) is 8.22 Å². The molecule has 388 valence electrons. The van der Waals surface area contributed by atoms with E-state index >= 15 is 0 Å². The van der Waals surface area contributed by atoms with Gasteiger partial charge in [0.2, 0.25) is 0 Å². The highest BCUT2D eigenvalue weighted by molar-refractivity contribution is 7.20. The molecular formula is C78H52N4Si. The number of benzene rings is 13. The molecule has 0 aliphatic rings. The SMILES string of the molecule is [2H]c1c([2H])c([2H])c2c(c1[2H])c1c([2H])c([2H])c([Si](c3ccccc3)(c3ccccc3)c3ccccc3)c([2H])c1n2-c1cc(-c2ccccc2)cc(-n2c3ccccc3c3ccc(-n4c5ccccc5c5cc(-n6c7ccccc7c7ccccc76)ccc54)cc32)c1. The van der Waals surface area contributed by atoms with E-state index in [1.807, 2.05) is 78.9 Å². The van der Waals surface area contributed by atoms with Gasteiger partial charge < -0.3 is 18.3 Å². The van der Waals surface area contributed by atoms with Gasteiger partial charge in [0.1, 0.15) is 0 Å². The number of fused-ring (bicyclic) bond motifs is 12. The molecule has 0 N–H and O–H groups in total. The van der Waals surface area contributed by atoms with E-state index in [0.29, 0.717) is 10.9 Å². The number of rotatable bonds is 9. The topological polar surface area (TPSA) is 19.7 Å². The molecule has 83 heavy (non-hydrogen) atoms. The lowest BCUT2D eigenvalue weighted by molar-refractivity contribution is 1.13. The second kappa shape index (κ2) is 18.7. The van der Waals surface area contributed by atoms with Gasteiger partial charge in [0.05, 0.1) is 53.7 Å². The Kier molecular flexibility index (Phi) is 9.10. The maximum absolute atomic E-state index is 11.0. The van der Waals surface area contributed by atoms with Crippen LogP contribution in [0.4, 0.5) is 0 Å². The maximum Gasteiger partial charge on any atom is 0.179 e. The predicted molar refractivity (Wildman–Crippen MR) is 353 cm³/mol. The van der Waals surface area contributed by atoms with Gasteiger partial charge in [-0.1, -0.05) is 230 Å². The van der Waals surface area contributed by atoms with E-state index in [-0.39, 0.29) is 52.0 Å². The van der Waals surface area contributed by atoms with Crippen LogP contribution in [0.15, 0.2) is 315 Å². The molecule has 17 rings (SSSR count). The monoisotopic (exact) mass is 1080 g/mol. The minimum Gasteiger partial charge on any atom is -0.309 e. The Balaban J connectivity index is 0.958. The minimum atomic E-state index is -3.72. The largest absolute Gasteiger partial charge is 0.309 e. The van der Waals surface area contributed by atoms with Gasteiger partial charge in [0, 0.05) is 65.8 Å². The lowest BCUT2D eigenvalue weighted by atomic mass is 10.0. The maximum atomic E-state index is 11.0. The molecule has 0 aliphatic heterocycles. The average Bonchev–Trinajstić information content (AvgIpc) is 1.43. The van der Waals surface area contributed by atoms with Gasteiger partial charge in [-0.25, -0.2) is 0 Å². The summed E-state index contributed by atoms with van der Waals surface area (Å²) in [7, 11) is -3.72. The fraction of sp³-hybridized carbons (Fsp3) is 0. The summed E-state index contributed by atoms with van der Waals surface area (Å²) in [5.74, 6) is 0. The highest BCUT2D eigenvalue weighted by Crippen LogP contribution is 2.41. The first kappa shape index (κ1) is 40.5. The first-order valence-electron chi connectivity index (χ1n) is 31.6. The molecule has 4 heterocycles.